The quantitative estimate of drug-likeness (QED) is 0.613. The standard InChI is InChI=1S/C10H15NO5/c1-15-6-7(5-12)11-4-8-2-3-9(16-8)10(13)14/h2-3,7,11-12H,4-6H2,1H3,(H,13,14). The van der Waals surface area contributed by atoms with Crippen molar-refractivity contribution in [3.63, 3.8) is 0 Å². The number of hydrogen-bond acceptors (Lipinski definition) is 5. The summed E-state index contributed by atoms with van der Waals surface area (Å²) in [6.45, 7) is 0.672. The second-order valence-electron chi connectivity index (χ2n) is 3.29. The summed E-state index contributed by atoms with van der Waals surface area (Å²) in [5.74, 6) is -0.683. The van der Waals surface area contributed by atoms with Gasteiger partial charge in [0.2, 0.25) is 5.76 Å². The van der Waals surface area contributed by atoms with Crippen molar-refractivity contribution < 1.29 is 24.2 Å². The first kappa shape index (κ1) is 12.7. The molecule has 0 aliphatic carbocycles. The van der Waals surface area contributed by atoms with Crippen LogP contribution in [0, 0.1) is 0 Å². The predicted octanol–water partition coefficient (Wildman–Crippen LogP) is 0.0747. The van der Waals surface area contributed by atoms with Gasteiger partial charge < -0.3 is 24.7 Å². The third-order valence-corrected chi connectivity index (χ3v) is 2.03. The molecule has 0 radical (unpaired) electrons. The molecule has 0 saturated carbocycles. The molecule has 0 fully saturated rings. The minimum atomic E-state index is -1.10. The lowest BCUT2D eigenvalue weighted by molar-refractivity contribution is 0.0659. The fourth-order valence-corrected chi connectivity index (χ4v) is 1.21. The van der Waals surface area contributed by atoms with Crippen molar-refractivity contribution in [1.29, 1.82) is 0 Å². The van der Waals surface area contributed by atoms with E-state index >= 15 is 0 Å². The van der Waals surface area contributed by atoms with Gasteiger partial charge in [-0.1, -0.05) is 0 Å². The predicted molar refractivity (Wildman–Crippen MR) is 55.3 cm³/mol. The first-order valence-electron chi connectivity index (χ1n) is 4.82. The number of aromatic carboxylic acids is 1. The molecule has 90 valence electrons. The van der Waals surface area contributed by atoms with Crippen molar-refractivity contribution >= 4 is 5.97 Å². The normalized spacial score (nSPS) is 12.6. The Labute approximate surface area is 92.8 Å². The number of furan rings is 1. The summed E-state index contributed by atoms with van der Waals surface area (Å²) in [6, 6.07) is 2.78. The van der Waals surface area contributed by atoms with E-state index in [-0.39, 0.29) is 18.4 Å². The summed E-state index contributed by atoms with van der Waals surface area (Å²) >= 11 is 0. The Kier molecular flexibility index (Phi) is 4.97. The van der Waals surface area contributed by atoms with Crippen LogP contribution < -0.4 is 5.32 Å². The van der Waals surface area contributed by atoms with Gasteiger partial charge in [-0.3, -0.25) is 0 Å². The van der Waals surface area contributed by atoms with Crippen molar-refractivity contribution in [3.05, 3.63) is 23.7 Å². The van der Waals surface area contributed by atoms with Gasteiger partial charge in [-0.15, -0.1) is 0 Å². The molecule has 0 aliphatic heterocycles. The molecular formula is C10H15NO5. The zero-order valence-electron chi connectivity index (χ0n) is 8.97. The fraction of sp³-hybridized carbons (Fsp3) is 0.500. The molecule has 0 bridgehead atoms. The Bertz CT molecular complexity index is 336. The molecule has 1 aromatic heterocycles. The van der Waals surface area contributed by atoms with Crippen LogP contribution in [-0.2, 0) is 11.3 Å². The molecular weight excluding hydrogens is 214 g/mol. The van der Waals surface area contributed by atoms with Crippen LogP contribution in [0.15, 0.2) is 16.5 Å². The van der Waals surface area contributed by atoms with Crippen LogP contribution in [-0.4, -0.2) is 42.5 Å². The highest BCUT2D eigenvalue weighted by molar-refractivity contribution is 5.84. The minimum Gasteiger partial charge on any atom is -0.475 e. The number of aliphatic hydroxyl groups excluding tert-OH is 1. The molecule has 1 aromatic rings. The molecule has 0 aliphatic rings. The van der Waals surface area contributed by atoms with Crippen LogP contribution in [0.25, 0.3) is 0 Å². The van der Waals surface area contributed by atoms with Crippen LogP contribution in [0.1, 0.15) is 16.3 Å². The van der Waals surface area contributed by atoms with Crippen molar-refractivity contribution in [2.75, 3.05) is 20.3 Å². The monoisotopic (exact) mass is 229 g/mol. The summed E-state index contributed by atoms with van der Waals surface area (Å²) < 4.78 is 9.91. The average molecular weight is 229 g/mol. The largest absolute Gasteiger partial charge is 0.475 e. The van der Waals surface area contributed by atoms with E-state index in [1.54, 1.807) is 13.2 Å². The Balaban J connectivity index is 2.44. The SMILES string of the molecule is COCC(CO)NCc1ccc(C(=O)O)o1. The number of carbonyl (C=O) groups is 1. The summed E-state index contributed by atoms with van der Waals surface area (Å²) in [7, 11) is 1.54. The van der Waals surface area contributed by atoms with Crippen molar-refractivity contribution in [1.82, 2.24) is 5.32 Å². The van der Waals surface area contributed by atoms with Crippen LogP contribution in [0.5, 0.6) is 0 Å². The van der Waals surface area contributed by atoms with E-state index in [9.17, 15) is 4.79 Å². The van der Waals surface area contributed by atoms with Gasteiger partial charge in [0, 0.05) is 7.11 Å². The van der Waals surface area contributed by atoms with Gasteiger partial charge >= 0.3 is 5.97 Å². The van der Waals surface area contributed by atoms with Crippen LogP contribution in [0.2, 0.25) is 0 Å². The van der Waals surface area contributed by atoms with Crippen LogP contribution in [0.4, 0.5) is 0 Å². The van der Waals surface area contributed by atoms with Gasteiger partial charge in [0.25, 0.3) is 0 Å². The summed E-state index contributed by atoms with van der Waals surface area (Å²) in [6.07, 6.45) is 0. The van der Waals surface area contributed by atoms with Gasteiger partial charge in [-0.2, -0.15) is 0 Å². The molecule has 6 heteroatoms. The van der Waals surface area contributed by atoms with E-state index in [1.807, 2.05) is 0 Å². The van der Waals surface area contributed by atoms with Gasteiger partial charge in [0.05, 0.1) is 25.8 Å². The molecule has 1 atom stereocenters. The topological polar surface area (TPSA) is 91.9 Å². The fourth-order valence-electron chi connectivity index (χ4n) is 1.21. The summed E-state index contributed by atoms with van der Waals surface area (Å²) in [5, 5.41) is 20.6. The highest BCUT2D eigenvalue weighted by Gasteiger charge is 2.10. The maximum absolute atomic E-state index is 10.5. The molecule has 6 nitrogen and oxygen atoms in total. The average Bonchev–Trinajstić information content (AvgIpc) is 2.73. The van der Waals surface area contributed by atoms with Gasteiger partial charge in [-0.05, 0) is 12.1 Å². The van der Waals surface area contributed by atoms with E-state index in [1.165, 1.54) is 6.07 Å². The van der Waals surface area contributed by atoms with Gasteiger partial charge in [-0.25, -0.2) is 4.79 Å². The van der Waals surface area contributed by atoms with Crippen molar-refractivity contribution in [2.45, 2.75) is 12.6 Å². The number of methoxy groups -OCH3 is 1. The molecule has 0 saturated heterocycles. The molecule has 0 aromatic carbocycles. The maximum atomic E-state index is 10.5. The van der Waals surface area contributed by atoms with E-state index < -0.39 is 5.97 Å². The lowest BCUT2D eigenvalue weighted by atomic mass is 10.3. The molecule has 0 amide bonds. The van der Waals surface area contributed by atoms with E-state index in [2.05, 4.69) is 5.32 Å². The third kappa shape index (κ3) is 3.65. The molecule has 1 unspecified atom stereocenters. The van der Waals surface area contributed by atoms with E-state index in [0.717, 1.165) is 0 Å². The van der Waals surface area contributed by atoms with Crippen molar-refractivity contribution in [2.24, 2.45) is 0 Å². The molecule has 0 spiro atoms. The Morgan fingerprint density at radius 1 is 1.62 bits per heavy atom. The molecule has 1 heterocycles. The number of ether oxygens (including phenoxy) is 1. The molecule has 1 rings (SSSR count). The van der Waals surface area contributed by atoms with Gasteiger partial charge in [0.15, 0.2) is 0 Å². The van der Waals surface area contributed by atoms with Crippen LogP contribution in [0.3, 0.4) is 0 Å². The molecule has 16 heavy (non-hydrogen) atoms. The van der Waals surface area contributed by atoms with Crippen LogP contribution >= 0.6 is 0 Å². The van der Waals surface area contributed by atoms with Crippen molar-refractivity contribution in [3.8, 4) is 0 Å². The smallest absolute Gasteiger partial charge is 0.371 e. The molecule has 3 N–H and O–H groups in total. The van der Waals surface area contributed by atoms with E-state index in [4.69, 9.17) is 19.4 Å². The number of carboxylic acid groups (broad SMARTS) is 1. The number of aliphatic hydroxyl groups is 1. The highest BCUT2D eigenvalue weighted by atomic mass is 16.5. The lowest BCUT2D eigenvalue weighted by Gasteiger charge is -2.13. The first-order chi connectivity index (χ1) is 7.67. The maximum Gasteiger partial charge on any atom is 0.371 e. The summed E-state index contributed by atoms with van der Waals surface area (Å²) in [5.41, 5.74) is 0. The van der Waals surface area contributed by atoms with Gasteiger partial charge in [0.1, 0.15) is 5.76 Å². The van der Waals surface area contributed by atoms with E-state index in [0.29, 0.717) is 18.9 Å². The number of carboxylic acids is 1. The zero-order chi connectivity index (χ0) is 12.0. The lowest BCUT2D eigenvalue weighted by Crippen LogP contribution is -2.35. The highest BCUT2D eigenvalue weighted by Crippen LogP contribution is 2.07. The Morgan fingerprint density at radius 3 is 2.88 bits per heavy atom. The number of hydrogen-bond donors (Lipinski definition) is 3. The number of rotatable bonds is 7. The second kappa shape index (κ2) is 6.26. The Morgan fingerprint density at radius 2 is 2.38 bits per heavy atom. The first-order valence-corrected chi connectivity index (χ1v) is 4.82. The third-order valence-electron chi connectivity index (χ3n) is 2.03. The Hall–Kier alpha value is -1.37. The number of nitrogens with one attached hydrogen (secondary N) is 1. The minimum absolute atomic E-state index is 0.0552. The summed E-state index contributed by atoms with van der Waals surface area (Å²) in [4.78, 5) is 10.5. The zero-order valence-corrected chi connectivity index (χ0v) is 8.97. The second-order valence-corrected chi connectivity index (χ2v) is 3.29.